The number of aliphatic hydroxyl groups excluding tert-OH is 3. The van der Waals surface area contributed by atoms with Gasteiger partial charge in [-0.3, -0.25) is 9.59 Å². The summed E-state index contributed by atoms with van der Waals surface area (Å²) in [5, 5.41) is 37.9. The molecule has 0 bridgehead atoms. The second kappa shape index (κ2) is 29.6. The minimum atomic E-state index is -0.881. The first-order chi connectivity index (χ1) is 7.87. The highest BCUT2D eigenvalue weighted by Crippen LogP contribution is 1.66. The first-order valence-corrected chi connectivity index (χ1v) is 5.32. The topological polar surface area (TPSA) is 161 Å². The lowest BCUT2D eigenvalue weighted by molar-refractivity contribution is -0.134. The highest BCUT2D eigenvalue weighted by molar-refractivity contribution is 7.81. The molecular formula is C7H19NO7S2. The molecule has 0 fully saturated rings. The Bertz CT molecular complexity index is 143. The van der Waals surface area contributed by atoms with E-state index in [0.717, 1.165) is 0 Å². The molecule has 8 nitrogen and oxygen atoms in total. The zero-order valence-electron chi connectivity index (χ0n) is 9.06. The number of aliphatic carboxylic acids is 2. The van der Waals surface area contributed by atoms with Crippen LogP contribution in [0.1, 0.15) is 0 Å². The van der Waals surface area contributed by atoms with E-state index < -0.39 is 11.9 Å². The number of hydrogen-bond acceptors (Lipinski definition) is 8. The minimum absolute atomic E-state index is 0.0833. The minimum Gasteiger partial charge on any atom is -0.481 e. The molecule has 0 rings (SSSR count). The number of carbonyl (C=O) groups is 2. The first-order valence-electron chi connectivity index (χ1n) is 4.05. The molecule has 0 aliphatic rings. The fourth-order valence-electron chi connectivity index (χ4n) is 0. The van der Waals surface area contributed by atoms with Crippen LogP contribution in [0.5, 0.6) is 0 Å². The lowest BCUT2D eigenvalue weighted by Gasteiger charge is -1.71. The monoisotopic (exact) mass is 293 g/mol. The lowest BCUT2D eigenvalue weighted by Crippen LogP contribution is -1.92. The van der Waals surface area contributed by atoms with E-state index in [1.54, 1.807) is 0 Å². The summed E-state index contributed by atoms with van der Waals surface area (Å²) in [5.41, 5.74) is 4.40. The summed E-state index contributed by atoms with van der Waals surface area (Å²) in [6, 6.07) is 0. The molecule has 0 saturated carbocycles. The average molecular weight is 293 g/mol. The van der Waals surface area contributed by atoms with Gasteiger partial charge in [0.1, 0.15) is 0 Å². The summed E-state index contributed by atoms with van der Waals surface area (Å²) in [7, 11) is 0. The van der Waals surface area contributed by atoms with Gasteiger partial charge in [-0.15, -0.1) is 0 Å². The Kier molecular flexibility index (Phi) is 44.1. The molecule has 0 amide bonds. The maximum atomic E-state index is 9.29. The average Bonchev–Trinajstić information content (AvgIpc) is 2.31. The Balaban J connectivity index is -0.0000000676. The molecule has 0 heterocycles. The third kappa shape index (κ3) is 140. The van der Waals surface area contributed by atoms with Crippen molar-refractivity contribution < 1.29 is 35.1 Å². The highest BCUT2D eigenvalue weighted by atomic mass is 32.1. The Morgan fingerprint density at radius 2 is 1.00 bits per heavy atom. The van der Waals surface area contributed by atoms with Crippen LogP contribution in [-0.2, 0) is 9.59 Å². The van der Waals surface area contributed by atoms with Gasteiger partial charge in [-0.1, -0.05) is 0 Å². The quantitative estimate of drug-likeness (QED) is 0.216. The predicted octanol–water partition coefficient (Wildman–Crippen LogP) is -2.13. The van der Waals surface area contributed by atoms with E-state index in [0.29, 0.717) is 0 Å². The van der Waals surface area contributed by atoms with Gasteiger partial charge in [-0.25, -0.2) is 0 Å². The van der Waals surface area contributed by atoms with Crippen LogP contribution in [-0.4, -0.2) is 68.9 Å². The van der Waals surface area contributed by atoms with Gasteiger partial charge in [0.15, 0.2) is 0 Å². The maximum Gasteiger partial charge on any atom is 0.313 e. The third-order valence-corrected chi connectivity index (χ3v) is 0.912. The van der Waals surface area contributed by atoms with Crippen LogP contribution in [0, 0.1) is 0 Å². The molecule has 7 N–H and O–H groups in total. The van der Waals surface area contributed by atoms with E-state index in [-0.39, 0.29) is 31.5 Å². The summed E-state index contributed by atoms with van der Waals surface area (Å²) < 4.78 is 0. The van der Waals surface area contributed by atoms with Gasteiger partial charge in [-0.2, -0.15) is 25.3 Å². The molecule has 106 valence electrons. The number of rotatable bonds is 3. The molecule has 17 heavy (non-hydrogen) atoms. The second-order valence-electron chi connectivity index (χ2n) is 1.73. The van der Waals surface area contributed by atoms with Crippen molar-refractivity contribution in [1.29, 1.82) is 0 Å². The van der Waals surface area contributed by atoms with Gasteiger partial charge < -0.3 is 31.3 Å². The molecule has 0 spiro atoms. The number of aliphatic hydroxyl groups is 3. The summed E-state index contributed by atoms with van der Waals surface area (Å²) in [5.74, 6) is -1.93. The van der Waals surface area contributed by atoms with Gasteiger partial charge in [0.25, 0.3) is 0 Å². The summed E-state index contributed by atoms with van der Waals surface area (Å²) in [6.07, 6.45) is 0. The van der Waals surface area contributed by atoms with Crippen LogP contribution in [0.2, 0.25) is 0 Å². The lowest BCUT2D eigenvalue weighted by atomic mass is 10.8. The number of carboxylic acid groups (broad SMARTS) is 2. The summed E-state index contributed by atoms with van der Waals surface area (Å²) in [6.45, 7) is -0.500. The standard InChI is InChI=1S/2C2H4O2S.C2H6O2.CH5NO/c2*3-2(4)1-5;3-1-2-4;2-1-3/h2*5H,1H2,(H,3,4);3-4H,1-2H2;3H,1-2H2. The van der Waals surface area contributed by atoms with Crippen molar-refractivity contribution in [2.24, 2.45) is 5.73 Å². The van der Waals surface area contributed by atoms with Gasteiger partial charge in [0, 0.05) is 0 Å². The molecule has 0 unspecified atom stereocenters. The predicted molar refractivity (Wildman–Crippen MR) is 68.4 cm³/mol. The van der Waals surface area contributed by atoms with Crippen LogP contribution in [0.3, 0.4) is 0 Å². The molecule has 0 atom stereocenters. The van der Waals surface area contributed by atoms with Gasteiger partial charge in [-0.05, 0) is 0 Å². The molecule has 0 aromatic heterocycles. The number of thiol groups is 2. The number of hydrogen-bond donors (Lipinski definition) is 8. The van der Waals surface area contributed by atoms with Crippen LogP contribution >= 0.6 is 25.3 Å². The molecule has 0 aromatic rings. The fraction of sp³-hybridized carbons (Fsp3) is 0.714. The largest absolute Gasteiger partial charge is 0.481 e. The van der Waals surface area contributed by atoms with E-state index in [1.807, 2.05) is 0 Å². The summed E-state index contributed by atoms with van der Waals surface area (Å²) in [4.78, 5) is 18.6. The van der Waals surface area contributed by atoms with Crippen molar-refractivity contribution in [3.63, 3.8) is 0 Å². The van der Waals surface area contributed by atoms with E-state index in [4.69, 9.17) is 25.5 Å². The second-order valence-corrected chi connectivity index (χ2v) is 2.37. The Hall–Kier alpha value is -0.520. The zero-order chi connectivity index (χ0) is 14.7. The Labute approximate surface area is 110 Å². The van der Waals surface area contributed by atoms with E-state index in [9.17, 15) is 9.59 Å². The van der Waals surface area contributed by atoms with Crippen molar-refractivity contribution in [1.82, 2.24) is 0 Å². The van der Waals surface area contributed by atoms with Crippen LogP contribution in [0.4, 0.5) is 0 Å². The molecule has 0 radical (unpaired) electrons. The molecule has 10 heteroatoms. The smallest absolute Gasteiger partial charge is 0.313 e. The molecule has 0 aromatic carbocycles. The number of carboxylic acids is 2. The number of nitrogens with two attached hydrogens (primary N) is 1. The molecule has 0 saturated heterocycles. The SMILES string of the molecule is NCO.O=C(O)CS.O=C(O)CS.OCCO. The van der Waals surface area contributed by atoms with Gasteiger partial charge in [0.05, 0.1) is 31.5 Å². The third-order valence-electron chi connectivity index (χ3n) is 0.371. The van der Waals surface area contributed by atoms with E-state index >= 15 is 0 Å². The highest BCUT2D eigenvalue weighted by Gasteiger charge is 1.82. The van der Waals surface area contributed by atoms with Crippen molar-refractivity contribution in [3.05, 3.63) is 0 Å². The van der Waals surface area contributed by atoms with Crippen LogP contribution in [0.15, 0.2) is 0 Å². The van der Waals surface area contributed by atoms with Crippen molar-refractivity contribution in [2.75, 3.05) is 31.5 Å². The van der Waals surface area contributed by atoms with Crippen molar-refractivity contribution in [2.45, 2.75) is 0 Å². The Morgan fingerprint density at radius 3 is 1.00 bits per heavy atom. The molecule has 0 aliphatic heterocycles. The molecule has 0 aliphatic carbocycles. The zero-order valence-corrected chi connectivity index (χ0v) is 10.8. The van der Waals surface area contributed by atoms with Crippen LogP contribution < -0.4 is 5.73 Å². The summed E-state index contributed by atoms with van der Waals surface area (Å²) >= 11 is 6.83. The normalized spacial score (nSPS) is 7.18. The van der Waals surface area contributed by atoms with Crippen molar-refractivity contribution in [3.8, 4) is 0 Å². The maximum absolute atomic E-state index is 9.29. The van der Waals surface area contributed by atoms with E-state index in [1.165, 1.54) is 0 Å². The first kappa shape index (κ1) is 25.4. The van der Waals surface area contributed by atoms with Gasteiger partial charge in [0.2, 0.25) is 0 Å². The van der Waals surface area contributed by atoms with Gasteiger partial charge >= 0.3 is 11.9 Å². The Morgan fingerprint density at radius 1 is 0.882 bits per heavy atom. The van der Waals surface area contributed by atoms with E-state index in [2.05, 4.69) is 31.0 Å². The molecular weight excluding hydrogens is 274 g/mol. The fourth-order valence-corrected chi connectivity index (χ4v) is 0. The van der Waals surface area contributed by atoms with Crippen LogP contribution in [0.25, 0.3) is 0 Å². The van der Waals surface area contributed by atoms with Crippen molar-refractivity contribution >= 4 is 37.2 Å².